The molecule has 188 valence electrons. The van der Waals surface area contributed by atoms with E-state index in [0.29, 0.717) is 11.5 Å². The van der Waals surface area contributed by atoms with Gasteiger partial charge in [-0.15, -0.1) is 0 Å². The lowest BCUT2D eigenvalue weighted by atomic mass is 10.2. The zero-order valence-corrected chi connectivity index (χ0v) is 19.6. The van der Waals surface area contributed by atoms with Crippen molar-refractivity contribution >= 4 is 33.6 Å². The summed E-state index contributed by atoms with van der Waals surface area (Å²) in [6.45, 7) is 0. The molecule has 2 aromatic rings. The molecular weight excluding hydrogens is 484 g/mol. The summed E-state index contributed by atoms with van der Waals surface area (Å²) >= 11 is 0. The van der Waals surface area contributed by atoms with Crippen molar-refractivity contribution in [3.63, 3.8) is 0 Å². The Balaban J connectivity index is 2.59. The number of methoxy groups -OCH3 is 2. The van der Waals surface area contributed by atoms with E-state index in [1.807, 2.05) is 0 Å². The normalized spacial score (nSPS) is 12.6. The molecule has 0 spiro atoms. The van der Waals surface area contributed by atoms with E-state index in [2.05, 4.69) is 10.6 Å². The van der Waals surface area contributed by atoms with Gasteiger partial charge in [0.2, 0.25) is 21.7 Å². The zero-order chi connectivity index (χ0) is 26.2. The predicted octanol–water partition coefficient (Wildman–Crippen LogP) is 0.998. The van der Waals surface area contributed by atoms with Crippen LogP contribution in [0, 0.1) is 0 Å². The summed E-state index contributed by atoms with van der Waals surface area (Å²) in [5.74, 6) is -4.35. The highest BCUT2D eigenvalue weighted by Crippen LogP contribution is 2.33. The Labute approximate surface area is 200 Å². The first-order chi connectivity index (χ1) is 16.5. The molecule has 0 aliphatic carbocycles. The highest BCUT2D eigenvalue weighted by atomic mass is 32.2. The topological polar surface area (TPSA) is 185 Å². The van der Waals surface area contributed by atoms with E-state index < -0.39 is 57.2 Å². The van der Waals surface area contributed by atoms with Crippen molar-refractivity contribution in [2.45, 2.75) is 23.6 Å². The Morgan fingerprint density at radius 1 is 0.714 bits per heavy atom. The lowest BCUT2D eigenvalue weighted by Gasteiger charge is -2.26. The van der Waals surface area contributed by atoms with Gasteiger partial charge < -0.3 is 30.3 Å². The van der Waals surface area contributed by atoms with Crippen LogP contribution in [0.25, 0.3) is 0 Å². The number of rotatable bonds is 12. The van der Waals surface area contributed by atoms with Crippen LogP contribution in [0.2, 0.25) is 0 Å². The number of hydrogen-bond donors (Lipinski definition) is 4. The molecule has 12 nitrogen and oxygen atoms in total. The van der Waals surface area contributed by atoms with Gasteiger partial charge in [-0.2, -0.15) is 0 Å². The van der Waals surface area contributed by atoms with Crippen LogP contribution in [0.4, 0.5) is 0 Å². The van der Waals surface area contributed by atoms with Crippen LogP contribution in [-0.4, -0.2) is 56.6 Å². The fourth-order valence-electron chi connectivity index (χ4n) is 3.07. The van der Waals surface area contributed by atoms with Gasteiger partial charge in [0.1, 0.15) is 24.3 Å². The Hall–Kier alpha value is -4.13. The number of hydrogen-bond acceptors (Lipinski definition) is 8. The number of benzene rings is 2. The number of aliphatic carboxylic acids is 2. The van der Waals surface area contributed by atoms with E-state index in [-0.39, 0.29) is 11.1 Å². The third-order valence-electron chi connectivity index (χ3n) is 4.70. The smallest absolute Gasteiger partial charge is 0.312 e. The quantitative estimate of drug-likeness (QED) is 0.301. The van der Waals surface area contributed by atoms with Crippen molar-refractivity contribution in [2.24, 2.45) is 0 Å². The van der Waals surface area contributed by atoms with E-state index in [1.54, 1.807) is 0 Å². The molecule has 0 aliphatic rings. The molecule has 2 aromatic carbocycles. The molecule has 35 heavy (non-hydrogen) atoms. The Morgan fingerprint density at radius 3 is 1.29 bits per heavy atom. The summed E-state index contributed by atoms with van der Waals surface area (Å²) in [6, 6.07) is 11.2. The second-order valence-electron chi connectivity index (χ2n) is 7.17. The predicted molar refractivity (Wildman–Crippen MR) is 121 cm³/mol. The Bertz CT molecular complexity index is 1090. The molecule has 2 atom stereocenters. The van der Waals surface area contributed by atoms with Crippen LogP contribution in [0.5, 0.6) is 11.5 Å². The average Bonchev–Trinajstić information content (AvgIpc) is 2.80. The summed E-state index contributed by atoms with van der Waals surface area (Å²) in [5, 5.41) is 18.6. The van der Waals surface area contributed by atoms with Crippen molar-refractivity contribution in [1.82, 2.24) is 10.6 Å². The van der Waals surface area contributed by atoms with Gasteiger partial charge in [-0.3, -0.25) is 19.2 Å². The molecule has 0 fully saturated rings. The van der Waals surface area contributed by atoms with Gasteiger partial charge >= 0.3 is 11.9 Å². The fourth-order valence-corrected chi connectivity index (χ4v) is 5.01. The highest BCUT2D eigenvalue weighted by Gasteiger charge is 2.39. The lowest BCUT2D eigenvalue weighted by molar-refractivity contribution is -0.142. The lowest BCUT2D eigenvalue weighted by Crippen LogP contribution is -2.42. The van der Waals surface area contributed by atoms with Crippen molar-refractivity contribution in [3.05, 3.63) is 59.7 Å². The van der Waals surface area contributed by atoms with Crippen LogP contribution in [0.15, 0.2) is 48.5 Å². The molecule has 0 heterocycles. The van der Waals surface area contributed by atoms with Gasteiger partial charge in [0.25, 0.3) is 0 Å². The number of amides is 2. The zero-order valence-electron chi connectivity index (χ0n) is 18.8. The first-order valence-corrected chi connectivity index (χ1v) is 11.6. The molecule has 0 saturated carbocycles. The third kappa shape index (κ3) is 7.43. The summed E-state index contributed by atoms with van der Waals surface area (Å²) in [7, 11) is -1.80. The molecule has 4 N–H and O–H groups in total. The molecule has 0 radical (unpaired) electrons. The molecule has 0 aliphatic heterocycles. The summed E-state index contributed by atoms with van der Waals surface area (Å²) < 4.78 is 37.7. The maximum Gasteiger partial charge on any atom is 0.312 e. The minimum atomic E-state index is -4.60. The molecular formula is C22H24N2O10S. The highest BCUT2D eigenvalue weighted by molar-refractivity contribution is 7.91. The number of nitrogens with one attached hydrogen (secondary N) is 2. The van der Waals surface area contributed by atoms with Crippen molar-refractivity contribution in [3.8, 4) is 11.5 Å². The molecule has 2 rings (SSSR count). The molecule has 2 amide bonds. The van der Waals surface area contributed by atoms with E-state index in [1.165, 1.54) is 62.8 Å². The summed E-state index contributed by atoms with van der Waals surface area (Å²) in [4.78, 5) is 46.5. The van der Waals surface area contributed by atoms with E-state index in [9.17, 15) is 27.6 Å². The number of ether oxygens (including phenoxy) is 2. The van der Waals surface area contributed by atoms with E-state index >= 15 is 0 Å². The maximum absolute atomic E-state index is 13.8. The van der Waals surface area contributed by atoms with Gasteiger partial charge in [-0.1, -0.05) is 24.3 Å². The van der Waals surface area contributed by atoms with Crippen LogP contribution >= 0.6 is 0 Å². The summed E-state index contributed by atoms with van der Waals surface area (Å²) in [5.41, 5.74) is 0.103. The van der Waals surface area contributed by atoms with Gasteiger partial charge in [0.15, 0.2) is 10.7 Å². The van der Waals surface area contributed by atoms with Gasteiger partial charge in [-0.25, -0.2) is 8.42 Å². The van der Waals surface area contributed by atoms with Gasteiger partial charge in [0, 0.05) is 0 Å². The Kier molecular flexibility index (Phi) is 9.17. The summed E-state index contributed by atoms with van der Waals surface area (Å²) in [6.07, 6.45) is -2.00. The second-order valence-corrected chi connectivity index (χ2v) is 9.29. The number of sulfone groups is 1. The van der Waals surface area contributed by atoms with Crippen LogP contribution in [0.1, 0.15) is 34.7 Å². The van der Waals surface area contributed by atoms with Crippen LogP contribution in [-0.2, 0) is 29.0 Å². The second kappa shape index (κ2) is 11.8. The van der Waals surface area contributed by atoms with Crippen molar-refractivity contribution in [2.75, 3.05) is 14.2 Å². The minimum Gasteiger partial charge on any atom is -0.497 e. The first-order valence-electron chi connectivity index (χ1n) is 10.0. The van der Waals surface area contributed by atoms with E-state index in [4.69, 9.17) is 19.7 Å². The maximum atomic E-state index is 13.8. The van der Waals surface area contributed by atoms with E-state index in [0.717, 1.165) is 0 Å². The first kappa shape index (κ1) is 27.1. The average molecular weight is 509 g/mol. The van der Waals surface area contributed by atoms with Gasteiger partial charge in [0.05, 0.1) is 14.2 Å². The number of carbonyl (C=O) groups excluding carboxylic acids is 2. The SMILES string of the molecule is COc1ccc(C(NC(=O)CC(=O)O)S(=O)(=O)C(NC(=O)CC(=O)O)c2ccc(OC)cc2)cc1. The fraction of sp³-hybridized carbons (Fsp3) is 0.273. The molecule has 13 heteroatoms. The molecule has 0 aromatic heterocycles. The molecule has 2 unspecified atom stereocenters. The largest absolute Gasteiger partial charge is 0.497 e. The molecule has 0 saturated heterocycles. The van der Waals surface area contributed by atoms with Crippen LogP contribution in [0.3, 0.4) is 0 Å². The third-order valence-corrected chi connectivity index (χ3v) is 6.80. The minimum absolute atomic E-state index is 0.0514. The monoisotopic (exact) mass is 508 g/mol. The van der Waals surface area contributed by atoms with Crippen molar-refractivity contribution < 1.29 is 47.3 Å². The number of carboxylic acid groups (broad SMARTS) is 2. The Morgan fingerprint density at radius 2 is 1.03 bits per heavy atom. The number of carbonyl (C=O) groups is 4. The van der Waals surface area contributed by atoms with Crippen LogP contribution < -0.4 is 20.1 Å². The van der Waals surface area contributed by atoms with Gasteiger partial charge in [-0.05, 0) is 35.4 Å². The standard InChI is InChI=1S/C22H24N2O10S/c1-33-15-7-3-13(4-8-15)21(23-17(25)11-19(27)28)35(31,32)22(24-18(26)12-20(29)30)14-5-9-16(34-2)10-6-14/h3-10,21-22H,11-12H2,1-2H3,(H,23,25)(H,24,26)(H,27,28)(H,29,30). The number of carboxylic acids is 2. The van der Waals surface area contributed by atoms with Crippen molar-refractivity contribution in [1.29, 1.82) is 0 Å². The molecule has 0 bridgehead atoms.